The number of ether oxygens (including phenoxy) is 1. The third-order valence-corrected chi connectivity index (χ3v) is 5.49. The van der Waals surface area contributed by atoms with Crippen molar-refractivity contribution in [1.29, 1.82) is 0 Å². The molecule has 2 fully saturated rings. The lowest BCUT2D eigenvalue weighted by molar-refractivity contribution is -0.161. The molecule has 2 aliphatic rings. The molecule has 1 aliphatic carbocycles. The van der Waals surface area contributed by atoms with Gasteiger partial charge in [-0.2, -0.15) is 0 Å². The lowest BCUT2D eigenvalue weighted by Crippen LogP contribution is -2.48. The summed E-state index contributed by atoms with van der Waals surface area (Å²) in [6.45, 7) is 7.95. The van der Waals surface area contributed by atoms with Crippen LogP contribution < -0.4 is 5.48 Å². The number of carbonyl (C=O) groups excluding carboxylic acids is 2. The highest BCUT2D eigenvalue weighted by Gasteiger charge is 2.35. The summed E-state index contributed by atoms with van der Waals surface area (Å²) in [5, 5.41) is 8.92. The predicted octanol–water partition coefficient (Wildman–Crippen LogP) is 2.53. The maximum Gasteiger partial charge on any atom is 0.323 e. The number of hydrogen-bond donors (Lipinski definition) is 2. The molecule has 1 unspecified atom stereocenters. The average molecular weight is 384 g/mol. The second kappa shape index (κ2) is 10.4. The Bertz CT molecular complexity index is 486. The highest BCUT2D eigenvalue weighted by atomic mass is 16.6. The van der Waals surface area contributed by atoms with Crippen molar-refractivity contribution in [2.45, 2.75) is 83.8 Å². The topological polar surface area (TPSA) is 82.1 Å². The number of nitrogens with zero attached hydrogens (tertiary/aromatic N) is 2. The van der Waals surface area contributed by atoms with E-state index >= 15 is 0 Å². The van der Waals surface area contributed by atoms with Gasteiger partial charge in [-0.05, 0) is 46.0 Å². The van der Waals surface area contributed by atoms with Crippen LogP contribution in [-0.4, -0.2) is 64.8 Å². The summed E-state index contributed by atoms with van der Waals surface area (Å²) in [5.41, 5.74) is 1.24. The van der Waals surface area contributed by atoms with E-state index in [4.69, 9.17) is 9.94 Å². The molecule has 0 aromatic heterocycles. The second-order valence-electron chi connectivity index (χ2n) is 9.03. The number of amides is 1. The number of carbonyl (C=O) groups is 2. The van der Waals surface area contributed by atoms with E-state index in [9.17, 15) is 9.59 Å². The molecule has 0 radical (unpaired) electrons. The number of nitrogens with one attached hydrogen (secondary N) is 1. The van der Waals surface area contributed by atoms with E-state index in [0.717, 1.165) is 38.3 Å². The van der Waals surface area contributed by atoms with Gasteiger partial charge in [-0.3, -0.25) is 24.6 Å². The monoisotopic (exact) mass is 383 g/mol. The van der Waals surface area contributed by atoms with E-state index in [1.54, 1.807) is 5.48 Å². The Morgan fingerprint density at radius 3 is 2.48 bits per heavy atom. The van der Waals surface area contributed by atoms with Crippen LogP contribution in [0.2, 0.25) is 0 Å². The molecule has 2 rings (SSSR count). The minimum absolute atomic E-state index is 0.140. The molecule has 1 atom stereocenters. The fourth-order valence-electron chi connectivity index (χ4n) is 4.17. The Kier molecular flexibility index (Phi) is 8.51. The first-order valence-electron chi connectivity index (χ1n) is 10.4. The van der Waals surface area contributed by atoms with Gasteiger partial charge in [0.05, 0.1) is 13.2 Å². The zero-order valence-corrected chi connectivity index (χ0v) is 17.2. The second-order valence-corrected chi connectivity index (χ2v) is 9.03. The van der Waals surface area contributed by atoms with Gasteiger partial charge in [0.15, 0.2) is 0 Å². The molecule has 1 amide bonds. The molecular weight excluding hydrogens is 346 g/mol. The van der Waals surface area contributed by atoms with Gasteiger partial charge in [0.25, 0.3) is 5.91 Å². The van der Waals surface area contributed by atoms with Gasteiger partial charge in [-0.1, -0.05) is 32.1 Å². The fourth-order valence-corrected chi connectivity index (χ4v) is 4.17. The molecule has 0 aromatic rings. The van der Waals surface area contributed by atoms with Crippen LogP contribution >= 0.6 is 0 Å². The first-order valence-corrected chi connectivity index (χ1v) is 10.4. The minimum atomic E-state index is -0.497. The average Bonchev–Trinajstić information content (AvgIpc) is 3.07. The van der Waals surface area contributed by atoms with Crippen LogP contribution in [0.25, 0.3) is 0 Å². The quantitative estimate of drug-likeness (QED) is 0.381. The molecule has 156 valence electrons. The normalized spacial score (nSPS) is 22.2. The van der Waals surface area contributed by atoms with Gasteiger partial charge in [0.2, 0.25) is 0 Å². The molecule has 27 heavy (non-hydrogen) atoms. The van der Waals surface area contributed by atoms with E-state index in [-0.39, 0.29) is 18.6 Å². The molecule has 2 N–H and O–H groups in total. The van der Waals surface area contributed by atoms with Gasteiger partial charge >= 0.3 is 5.97 Å². The molecule has 0 bridgehead atoms. The van der Waals surface area contributed by atoms with Crippen LogP contribution in [0, 0.1) is 5.92 Å². The van der Waals surface area contributed by atoms with Crippen molar-refractivity contribution in [3.05, 3.63) is 0 Å². The van der Waals surface area contributed by atoms with Crippen LogP contribution in [0.5, 0.6) is 0 Å². The minimum Gasteiger partial charge on any atom is -0.459 e. The zero-order chi connectivity index (χ0) is 19.9. The van der Waals surface area contributed by atoms with Crippen molar-refractivity contribution >= 4 is 11.9 Å². The van der Waals surface area contributed by atoms with Crippen molar-refractivity contribution in [2.24, 2.45) is 5.92 Å². The molecular formula is C20H37N3O4. The van der Waals surface area contributed by atoms with E-state index in [0.29, 0.717) is 6.67 Å². The molecule has 1 aliphatic heterocycles. The van der Waals surface area contributed by atoms with Crippen LogP contribution in [0.3, 0.4) is 0 Å². The lowest BCUT2D eigenvalue weighted by Gasteiger charge is -2.32. The summed E-state index contributed by atoms with van der Waals surface area (Å²) in [6, 6.07) is -0.251. The number of esters is 1. The summed E-state index contributed by atoms with van der Waals surface area (Å²) in [7, 11) is 0. The van der Waals surface area contributed by atoms with E-state index in [1.807, 2.05) is 25.7 Å². The van der Waals surface area contributed by atoms with E-state index in [1.165, 1.54) is 32.1 Å². The summed E-state index contributed by atoms with van der Waals surface area (Å²) in [4.78, 5) is 28.4. The maximum atomic E-state index is 12.5. The highest BCUT2D eigenvalue weighted by molar-refractivity contribution is 5.77. The van der Waals surface area contributed by atoms with E-state index < -0.39 is 11.5 Å². The van der Waals surface area contributed by atoms with E-state index in [2.05, 4.69) is 4.90 Å². The first kappa shape index (κ1) is 22.1. The molecule has 0 aromatic carbocycles. The Morgan fingerprint density at radius 2 is 1.85 bits per heavy atom. The fraction of sp³-hybridized carbons (Fsp3) is 0.900. The zero-order valence-electron chi connectivity index (χ0n) is 17.2. The van der Waals surface area contributed by atoms with Crippen LogP contribution in [0.1, 0.15) is 72.1 Å². The first-order chi connectivity index (χ1) is 12.8. The van der Waals surface area contributed by atoms with Crippen LogP contribution in [0.15, 0.2) is 0 Å². The Hall–Kier alpha value is -1.18. The summed E-state index contributed by atoms with van der Waals surface area (Å²) in [6.07, 6.45) is 9.27. The molecule has 7 heteroatoms. The van der Waals surface area contributed by atoms with Crippen molar-refractivity contribution in [3.63, 3.8) is 0 Å². The number of rotatable bonds is 8. The van der Waals surface area contributed by atoms with Crippen molar-refractivity contribution < 1.29 is 19.5 Å². The van der Waals surface area contributed by atoms with Gasteiger partial charge in [0.1, 0.15) is 11.6 Å². The number of hydrogen-bond acceptors (Lipinski definition) is 6. The van der Waals surface area contributed by atoms with Crippen molar-refractivity contribution in [2.75, 3.05) is 26.3 Å². The highest BCUT2D eigenvalue weighted by Crippen LogP contribution is 2.27. The van der Waals surface area contributed by atoms with Crippen LogP contribution in [-0.2, 0) is 14.3 Å². The Morgan fingerprint density at radius 1 is 1.15 bits per heavy atom. The molecule has 1 heterocycles. The smallest absolute Gasteiger partial charge is 0.323 e. The van der Waals surface area contributed by atoms with Gasteiger partial charge in [-0.25, -0.2) is 5.48 Å². The predicted molar refractivity (Wildman–Crippen MR) is 103 cm³/mol. The molecule has 0 spiro atoms. The molecule has 1 saturated carbocycles. The molecule has 1 saturated heterocycles. The third kappa shape index (κ3) is 7.76. The van der Waals surface area contributed by atoms with Crippen molar-refractivity contribution in [3.8, 4) is 0 Å². The van der Waals surface area contributed by atoms with Crippen LogP contribution in [0.4, 0.5) is 0 Å². The van der Waals surface area contributed by atoms with Gasteiger partial charge in [-0.15, -0.1) is 0 Å². The number of hydroxylamine groups is 1. The summed E-state index contributed by atoms with van der Waals surface area (Å²) in [5.74, 6) is 0.129. The Balaban J connectivity index is 1.93. The summed E-state index contributed by atoms with van der Waals surface area (Å²) < 4.78 is 5.57. The molecule has 7 nitrogen and oxygen atoms in total. The standard InChI is InChI=1S/C20H37N3O4/c1-20(2,3)27-19(25)17-10-7-12-23(17)15-22(14-18(24)21-26)13-11-16-8-5-4-6-9-16/h16-17,26H,4-15H2,1-3H3,(H,21,24). The van der Waals surface area contributed by atoms with Gasteiger partial charge in [0, 0.05) is 13.1 Å². The lowest BCUT2D eigenvalue weighted by atomic mass is 9.87. The van der Waals surface area contributed by atoms with Crippen molar-refractivity contribution in [1.82, 2.24) is 15.3 Å². The van der Waals surface area contributed by atoms with Gasteiger partial charge < -0.3 is 4.74 Å². The SMILES string of the molecule is CC(C)(C)OC(=O)C1CCCN1CN(CCC1CCCCC1)CC(=O)NO. The largest absolute Gasteiger partial charge is 0.459 e. The Labute approximate surface area is 163 Å². The third-order valence-electron chi connectivity index (χ3n) is 5.49. The number of likely N-dealkylation sites (tertiary alicyclic amines) is 1. The maximum absolute atomic E-state index is 12.5. The summed E-state index contributed by atoms with van der Waals surface area (Å²) >= 11 is 0.